The van der Waals surface area contributed by atoms with Gasteiger partial charge in [0.1, 0.15) is 5.75 Å². The van der Waals surface area contributed by atoms with Crippen molar-refractivity contribution in [2.24, 2.45) is 5.73 Å². The lowest BCUT2D eigenvalue weighted by atomic mass is 10.1. The normalized spacial score (nSPS) is 12.7. The number of pyridine rings is 1. The fourth-order valence-electron chi connectivity index (χ4n) is 1.62. The summed E-state index contributed by atoms with van der Waals surface area (Å²) in [4.78, 5) is 5.11. The molecule has 96 valence electrons. The molecule has 1 atom stereocenters. The molecule has 18 heavy (non-hydrogen) atoms. The molecule has 0 radical (unpaired) electrons. The number of aryl methyl sites for hydroxylation is 1. The van der Waals surface area contributed by atoms with Crippen LogP contribution in [-0.4, -0.2) is 20.7 Å². The molecule has 2 heterocycles. The first-order chi connectivity index (χ1) is 8.58. The van der Waals surface area contributed by atoms with E-state index in [1.807, 2.05) is 26.8 Å². The third-order valence-electron chi connectivity index (χ3n) is 2.43. The van der Waals surface area contributed by atoms with Crippen LogP contribution in [0.1, 0.15) is 36.0 Å². The number of hydrogen-bond donors (Lipinski definition) is 1. The molecule has 6 heteroatoms. The zero-order chi connectivity index (χ0) is 13.1. The Balaban J connectivity index is 2.25. The predicted octanol–water partition coefficient (Wildman–Crippen LogP) is 2.08. The van der Waals surface area contributed by atoms with E-state index in [-0.39, 0.29) is 12.1 Å². The summed E-state index contributed by atoms with van der Waals surface area (Å²) in [5, 5.41) is 3.97. The van der Waals surface area contributed by atoms with Gasteiger partial charge in [-0.2, -0.15) is 0 Å². The number of aromatic nitrogens is 3. The number of hydrogen-bond acceptors (Lipinski definition) is 6. The smallest absolute Gasteiger partial charge is 0.138 e. The molecule has 5 nitrogen and oxygen atoms in total. The summed E-state index contributed by atoms with van der Waals surface area (Å²) in [6.07, 6.45) is 3.55. The fraction of sp³-hybridized carbons (Fsp3) is 0.417. The van der Waals surface area contributed by atoms with E-state index in [9.17, 15) is 0 Å². The molecule has 0 aliphatic rings. The highest BCUT2D eigenvalue weighted by molar-refractivity contribution is 7.05. The summed E-state index contributed by atoms with van der Waals surface area (Å²) in [6.45, 7) is 5.86. The van der Waals surface area contributed by atoms with Crippen LogP contribution in [0.2, 0.25) is 0 Å². The van der Waals surface area contributed by atoms with Gasteiger partial charge in [-0.05, 0) is 43.9 Å². The summed E-state index contributed by atoms with van der Waals surface area (Å²) in [7, 11) is 0. The van der Waals surface area contributed by atoms with Gasteiger partial charge in [0.2, 0.25) is 0 Å². The molecule has 0 saturated heterocycles. The van der Waals surface area contributed by atoms with Gasteiger partial charge in [-0.15, -0.1) is 5.10 Å². The van der Waals surface area contributed by atoms with Crippen LogP contribution >= 0.6 is 11.5 Å². The van der Waals surface area contributed by atoms with Crippen LogP contribution in [0.3, 0.4) is 0 Å². The van der Waals surface area contributed by atoms with E-state index >= 15 is 0 Å². The zero-order valence-corrected chi connectivity index (χ0v) is 11.4. The second-order valence-corrected chi connectivity index (χ2v) is 5.11. The van der Waals surface area contributed by atoms with Crippen LogP contribution < -0.4 is 10.5 Å². The predicted molar refractivity (Wildman–Crippen MR) is 70.7 cm³/mol. The van der Waals surface area contributed by atoms with Gasteiger partial charge >= 0.3 is 0 Å². The van der Waals surface area contributed by atoms with Gasteiger partial charge in [0.25, 0.3) is 0 Å². The van der Waals surface area contributed by atoms with Crippen LogP contribution in [0.25, 0.3) is 0 Å². The van der Waals surface area contributed by atoms with Crippen LogP contribution in [0.15, 0.2) is 18.5 Å². The van der Waals surface area contributed by atoms with E-state index in [1.54, 1.807) is 12.4 Å². The van der Waals surface area contributed by atoms with Gasteiger partial charge in [-0.1, -0.05) is 4.49 Å². The highest BCUT2D eigenvalue weighted by Gasteiger charge is 2.16. The Hall–Kier alpha value is -1.53. The molecule has 0 aliphatic carbocycles. The van der Waals surface area contributed by atoms with E-state index in [0.29, 0.717) is 0 Å². The summed E-state index contributed by atoms with van der Waals surface area (Å²) in [5.41, 5.74) is 7.96. The lowest BCUT2D eigenvalue weighted by Crippen LogP contribution is -2.13. The number of ether oxygens (including phenoxy) is 1. The van der Waals surface area contributed by atoms with E-state index in [1.165, 1.54) is 11.5 Å². The van der Waals surface area contributed by atoms with Crippen LogP contribution in [0, 0.1) is 6.92 Å². The Morgan fingerprint density at radius 3 is 2.72 bits per heavy atom. The van der Waals surface area contributed by atoms with Crippen molar-refractivity contribution in [2.45, 2.75) is 32.9 Å². The van der Waals surface area contributed by atoms with Gasteiger partial charge in [0.05, 0.1) is 28.9 Å². The molecule has 0 amide bonds. The first-order valence-corrected chi connectivity index (χ1v) is 6.51. The first kappa shape index (κ1) is 12.9. The molecule has 0 bridgehead atoms. The molecule has 0 aliphatic heterocycles. The Morgan fingerprint density at radius 2 is 2.11 bits per heavy atom. The minimum Gasteiger partial charge on any atom is -0.489 e. The van der Waals surface area contributed by atoms with Gasteiger partial charge in [-0.3, -0.25) is 4.98 Å². The lowest BCUT2D eigenvalue weighted by molar-refractivity contribution is 0.241. The fourth-order valence-corrected chi connectivity index (χ4v) is 2.29. The number of rotatable bonds is 4. The molecule has 0 aromatic carbocycles. The maximum Gasteiger partial charge on any atom is 0.138 e. The molecule has 0 spiro atoms. The van der Waals surface area contributed by atoms with Crippen molar-refractivity contribution in [1.29, 1.82) is 0 Å². The van der Waals surface area contributed by atoms with Gasteiger partial charge < -0.3 is 10.5 Å². The molecule has 0 fully saturated rings. The average Bonchev–Trinajstić information content (AvgIpc) is 2.74. The Kier molecular flexibility index (Phi) is 3.88. The van der Waals surface area contributed by atoms with Crippen molar-refractivity contribution in [2.75, 3.05) is 0 Å². The van der Waals surface area contributed by atoms with E-state index in [0.717, 1.165) is 21.9 Å². The van der Waals surface area contributed by atoms with Gasteiger partial charge in [0, 0.05) is 6.20 Å². The SMILES string of the molecule is Cc1nnsc1C(N)c1cncc(OC(C)C)c1. The molecule has 2 aromatic rings. The topological polar surface area (TPSA) is 73.9 Å². The van der Waals surface area contributed by atoms with Crippen LogP contribution in [-0.2, 0) is 0 Å². The van der Waals surface area contributed by atoms with Crippen LogP contribution in [0.5, 0.6) is 5.75 Å². The summed E-state index contributed by atoms with van der Waals surface area (Å²) < 4.78 is 9.51. The minimum atomic E-state index is -0.256. The first-order valence-electron chi connectivity index (χ1n) is 5.74. The average molecular weight is 264 g/mol. The molecular weight excluding hydrogens is 248 g/mol. The van der Waals surface area contributed by atoms with Crippen molar-refractivity contribution in [3.8, 4) is 5.75 Å². The molecular formula is C12H16N4OS. The summed E-state index contributed by atoms with van der Waals surface area (Å²) >= 11 is 1.32. The third kappa shape index (κ3) is 2.83. The highest BCUT2D eigenvalue weighted by Crippen LogP contribution is 2.26. The second-order valence-electron chi connectivity index (χ2n) is 4.32. The molecule has 2 rings (SSSR count). The second kappa shape index (κ2) is 5.41. The number of nitrogens with two attached hydrogens (primary N) is 1. The summed E-state index contributed by atoms with van der Waals surface area (Å²) in [5.74, 6) is 0.730. The molecule has 0 saturated carbocycles. The Morgan fingerprint density at radius 1 is 1.33 bits per heavy atom. The van der Waals surface area contributed by atoms with Gasteiger partial charge in [0.15, 0.2) is 0 Å². The van der Waals surface area contributed by atoms with Crippen molar-refractivity contribution in [3.63, 3.8) is 0 Å². The Labute approximate surface area is 110 Å². The van der Waals surface area contributed by atoms with Crippen molar-refractivity contribution in [3.05, 3.63) is 34.6 Å². The van der Waals surface area contributed by atoms with Crippen molar-refractivity contribution < 1.29 is 4.74 Å². The quantitative estimate of drug-likeness (QED) is 0.915. The third-order valence-corrected chi connectivity index (χ3v) is 3.34. The van der Waals surface area contributed by atoms with Gasteiger partial charge in [-0.25, -0.2) is 0 Å². The van der Waals surface area contributed by atoms with E-state index in [2.05, 4.69) is 14.6 Å². The molecule has 2 N–H and O–H groups in total. The van der Waals surface area contributed by atoms with Crippen molar-refractivity contribution in [1.82, 2.24) is 14.6 Å². The van der Waals surface area contributed by atoms with Crippen molar-refractivity contribution >= 4 is 11.5 Å². The lowest BCUT2D eigenvalue weighted by Gasteiger charge is -2.13. The zero-order valence-electron chi connectivity index (χ0n) is 10.6. The summed E-state index contributed by atoms with van der Waals surface area (Å²) in [6, 6.07) is 1.66. The monoisotopic (exact) mass is 264 g/mol. The van der Waals surface area contributed by atoms with E-state index < -0.39 is 0 Å². The standard InChI is InChI=1S/C12H16N4OS/c1-7(2)17-10-4-9(5-14-6-10)11(13)12-8(3)15-16-18-12/h4-7,11H,13H2,1-3H3. The van der Waals surface area contributed by atoms with E-state index in [4.69, 9.17) is 10.5 Å². The minimum absolute atomic E-state index is 0.116. The molecule has 2 aromatic heterocycles. The highest BCUT2D eigenvalue weighted by atomic mass is 32.1. The maximum atomic E-state index is 6.20. The maximum absolute atomic E-state index is 6.20. The van der Waals surface area contributed by atoms with Crippen LogP contribution in [0.4, 0.5) is 0 Å². The number of nitrogens with zero attached hydrogens (tertiary/aromatic N) is 3. The largest absolute Gasteiger partial charge is 0.489 e. The Bertz CT molecular complexity index is 526. The molecule has 1 unspecified atom stereocenters.